The zero-order valence-electron chi connectivity index (χ0n) is 22.2. The lowest BCUT2D eigenvalue weighted by Crippen LogP contribution is -2.49. The van der Waals surface area contributed by atoms with Gasteiger partial charge in [-0.15, -0.1) is 0 Å². The van der Waals surface area contributed by atoms with Crippen molar-refractivity contribution in [2.45, 2.75) is 26.3 Å². The van der Waals surface area contributed by atoms with Crippen molar-refractivity contribution in [3.63, 3.8) is 0 Å². The van der Waals surface area contributed by atoms with E-state index in [1.807, 2.05) is 12.1 Å². The number of pyridine rings is 1. The van der Waals surface area contributed by atoms with E-state index in [0.29, 0.717) is 67.8 Å². The van der Waals surface area contributed by atoms with E-state index in [9.17, 15) is 5.26 Å². The molecule has 1 aliphatic rings. The monoisotopic (exact) mass is 557 g/mol. The molecule has 0 amide bonds. The quantitative estimate of drug-likeness (QED) is 0.305. The summed E-state index contributed by atoms with van der Waals surface area (Å²) in [6.07, 6.45) is 2.44. The van der Waals surface area contributed by atoms with Gasteiger partial charge in [0, 0.05) is 62.5 Å². The maximum atomic E-state index is 9.77. The second-order valence-corrected chi connectivity index (χ2v) is 10.3. The Kier molecular flexibility index (Phi) is 9.40. The van der Waals surface area contributed by atoms with Crippen molar-refractivity contribution >= 4 is 45.5 Å². The highest BCUT2D eigenvalue weighted by molar-refractivity contribution is 6.37. The molecule has 8 nitrogen and oxygen atoms in total. The Morgan fingerprint density at radius 3 is 2.39 bits per heavy atom. The maximum Gasteiger partial charge on any atom is 0.163 e. The van der Waals surface area contributed by atoms with Gasteiger partial charge in [0.05, 0.1) is 53.3 Å². The van der Waals surface area contributed by atoms with Gasteiger partial charge < -0.3 is 24.4 Å². The highest BCUT2D eigenvalue weighted by Gasteiger charge is 2.19. The molecule has 0 bridgehead atoms. The third kappa shape index (κ3) is 6.36. The van der Waals surface area contributed by atoms with Gasteiger partial charge in [0.15, 0.2) is 11.5 Å². The first-order valence-corrected chi connectivity index (χ1v) is 13.4. The smallest absolute Gasteiger partial charge is 0.163 e. The van der Waals surface area contributed by atoms with Crippen LogP contribution < -0.4 is 19.5 Å². The highest BCUT2D eigenvalue weighted by atomic mass is 35.5. The van der Waals surface area contributed by atoms with Gasteiger partial charge in [-0.05, 0) is 32.4 Å². The van der Waals surface area contributed by atoms with Crippen molar-refractivity contribution in [3.8, 4) is 23.3 Å². The number of hydrogen-bond donors (Lipinski definition) is 1. The molecule has 1 N–H and O–H groups in total. The molecule has 0 spiro atoms. The van der Waals surface area contributed by atoms with Gasteiger partial charge >= 0.3 is 0 Å². The number of piperazine rings is 1. The van der Waals surface area contributed by atoms with Gasteiger partial charge in [-0.3, -0.25) is 9.88 Å². The molecule has 0 saturated carbocycles. The van der Waals surface area contributed by atoms with E-state index >= 15 is 0 Å². The van der Waals surface area contributed by atoms with Crippen LogP contribution in [0, 0.1) is 11.3 Å². The Morgan fingerprint density at radius 1 is 1.00 bits per heavy atom. The number of ether oxygens (including phenoxy) is 3. The fourth-order valence-electron chi connectivity index (χ4n) is 4.58. The summed E-state index contributed by atoms with van der Waals surface area (Å²) >= 11 is 12.6. The van der Waals surface area contributed by atoms with E-state index in [-0.39, 0.29) is 0 Å². The van der Waals surface area contributed by atoms with Crippen molar-refractivity contribution in [1.82, 2.24) is 14.8 Å². The number of fused-ring (bicyclic) bond motifs is 1. The Bertz CT molecular complexity index is 1320. The number of benzene rings is 2. The number of rotatable bonds is 10. The molecule has 1 aromatic heterocycles. The molecule has 1 aliphatic heterocycles. The third-order valence-corrected chi connectivity index (χ3v) is 7.40. The minimum atomic E-state index is 0.357. The van der Waals surface area contributed by atoms with Gasteiger partial charge in [-0.2, -0.15) is 5.26 Å². The van der Waals surface area contributed by atoms with Gasteiger partial charge in [0.1, 0.15) is 11.8 Å². The average Bonchev–Trinajstić information content (AvgIpc) is 2.92. The molecule has 38 heavy (non-hydrogen) atoms. The lowest BCUT2D eigenvalue weighted by Gasteiger charge is -2.36. The van der Waals surface area contributed by atoms with Crippen LogP contribution in [-0.4, -0.2) is 74.4 Å². The van der Waals surface area contributed by atoms with Crippen molar-refractivity contribution in [2.24, 2.45) is 0 Å². The molecule has 202 valence electrons. The number of hydrogen-bond acceptors (Lipinski definition) is 8. The van der Waals surface area contributed by atoms with E-state index in [2.05, 4.69) is 40.0 Å². The fraction of sp³-hybridized carbons (Fsp3) is 0.429. The van der Waals surface area contributed by atoms with Crippen molar-refractivity contribution in [1.29, 1.82) is 5.26 Å². The summed E-state index contributed by atoms with van der Waals surface area (Å²) in [5.74, 6) is 1.63. The normalized spacial score (nSPS) is 14.5. The third-order valence-electron chi connectivity index (χ3n) is 6.79. The van der Waals surface area contributed by atoms with Crippen LogP contribution in [0.5, 0.6) is 17.2 Å². The van der Waals surface area contributed by atoms with E-state index < -0.39 is 0 Å². The fourth-order valence-corrected chi connectivity index (χ4v) is 5.09. The number of halogens is 2. The predicted octanol–water partition coefficient (Wildman–Crippen LogP) is 5.97. The van der Waals surface area contributed by atoms with Gasteiger partial charge in [0.25, 0.3) is 0 Å². The van der Waals surface area contributed by atoms with E-state index in [4.69, 9.17) is 37.4 Å². The Labute approximate surface area is 234 Å². The van der Waals surface area contributed by atoms with Crippen LogP contribution in [0.4, 0.5) is 11.4 Å². The summed E-state index contributed by atoms with van der Waals surface area (Å²) in [5.41, 5.74) is 2.11. The molecule has 0 atom stereocenters. The predicted molar refractivity (Wildman–Crippen MR) is 153 cm³/mol. The second kappa shape index (κ2) is 12.7. The maximum absolute atomic E-state index is 9.77. The van der Waals surface area contributed by atoms with E-state index in [1.165, 1.54) is 13.3 Å². The van der Waals surface area contributed by atoms with E-state index in [1.54, 1.807) is 19.2 Å². The lowest BCUT2D eigenvalue weighted by molar-refractivity contribution is 0.104. The number of nitrogens with one attached hydrogen (secondary N) is 1. The molecule has 4 rings (SSSR count). The van der Waals surface area contributed by atoms with Crippen molar-refractivity contribution in [3.05, 3.63) is 46.1 Å². The number of aromatic nitrogens is 1. The molecule has 10 heteroatoms. The highest BCUT2D eigenvalue weighted by Crippen LogP contribution is 2.40. The zero-order valence-corrected chi connectivity index (χ0v) is 23.7. The average molecular weight is 559 g/mol. The van der Waals surface area contributed by atoms with Crippen molar-refractivity contribution < 1.29 is 14.2 Å². The minimum Gasteiger partial charge on any atom is -0.495 e. The number of methoxy groups -OCH3 is 2. The minimum absolute atomic E-state index is 0.357. The summed E-state index contributed by atoms with van der Waals surface area (Å²) in [4.78, 5) is 9.49. The number of nitriles is 1. The van der Waals surface area contributed by atoms with Crippen LogP contribution in [0.3, 0.4) is 0 Å². The first-order chi connectivity index (χ1) is 18.3. The van der Waals surface area contributed by atoms with Gasteiger partial charge in [-0.1, -0.05) is 23.2 Å². The summed E-state index contributed by atoms with van der Waals surface area (Å²) < 4.78 is 17.1. The van der Waals surface area contributed by atoms with Crippen LogP contribution in [-0.2, 0) is 0 Å². The van der Waals surface area contributed by atoms with Crippen LogP contribution in [0.1, 0.15) is 25.8 Å². The van der Waals surface area contributed by atoms with Crippen LogP contribution >= 0.6 is 23.2 Å². The summed E-state index contributed by atoms with van der Waals surface area (Å²) in [7, 11) is 3.12. The van der Waals surface area contributed by atoms with Crippen LogP contribution in [0.15, 0.2) is 30.5 Å². The largest absolute Gasteiger partial charge is 0.495 e. The molecular weight excluding hydrogens is 525 g/mol. The number of anilines is 2. The molecule has 2 heterocycles. The summed E-state index contributed by atoms with van der Waals surface area (Å²) in [5, 5.41) is 14.5. The summed E-state index contributed by atoms with van der Waals surface area (Å²) in [6, 6.07) is 9.74. The lowest BCUT2D eigenvalue weighted by atomic mass is 10.1. The molecule has 0 unspecified atom stereocenters. The Morgan fingerprint density at radius 2 is 1.74 bits per heavy atom. The first kappa shape index (κ1) is 28.1. The molecular formula is C28H33Cl2N5O3. The molecule has 1 fully saturated rings. The standard InChI is InChI=1S/C28H33Cl2N5O3/c1-18(2)35-9-7-34(8-10-35)6-5-11-38-27-14-23-20(12-26(27)37-4)28(19(16-31)17-32-23)33-24-15-25(36-3)22(30)13-21(24)29/h12-15,17-18H,5-11H2,1-4H3,(H,32,33). The Hall–Kier alpha value is -2.96. The van der Waals surface area contributed by atoms with Crippen LogP contribution in [0.2, 0.25) is 10.0 Å². The molecule has 0 aliphatic carbocycles. The molecule has 3 aromatic rings. The van der Waals surface area contributed by atoms with Gasteiger partial charge in [-0.25, -0.2) is 0 Å². The Balaban J connectivity index is 1.51. The van der Waals surface area contributed by atoms with E-state index in [0.717, 1.165) is 39.1 Å². The molecule has 1 saturated heterocycles. The topological polar surface area (TPSA) is 82.9 Å². The zero-order chi connectivity index (χ0) is 27.2. The second-order valence-electron chi connectivity index (χ2n) is 9.44. The molecule has 0 radical (unpaired) electrons. The van der Waals surface area contributed by atoms with Crippen LogP contribution in [0.25, 0.3) is 10.9 Å². The molecule has 2 aromatic carbocycles. The number of nitrogens with zero attached hydrogens (tertiary/aromatic N) is 4. The SMILES string of the molecule is COc1cc(Nc2c(C#N)cnc3cc(OCCCN4CCN(C(C)C)CC4)c(OC)cc23)c(Cl)cc1Cl. The van der Waals surface area contributed by atoms with Gasteiger partial charge in [0.2, 0.25) is 0 Å². The first-order valence-electron chi connectivity index (χ1n) is 12.6. The van der Waals surface area contributed by atoms with Crippen molar-refractivity contribution in [2.75, 3.05) is 58.9 Å². The summed E-state index contributed by atoms with van der Waals surface area (Å²) in [6.45, 7) is 10.4.